The molecule has 2 N–H and O–H groups in total. The van der Waals surface area contributed by atoms with Crippen molar-refractivity contribution in [2.75, 3.05) is 0 Å². The zero-order valence-electron chi connectivity index (χ0n) is 8.04. The van der Waals surface area contributed by atoms with Gasteiger partial charge in [0, 0.05) is 18.9 Å². The summed E-state index contributed by atoms with van der Waals surface area (Å²) in [7, 11) is 0. The lowest BCUT2D eigenvalue weighted by atomic mass is 10.5. The molecule has 0 radical (unpaired) electrons. The Morgan fingerprint density at radius 3 is 2.87 bits per heavy atom. The van der Waals surface area contributed by atoms with Crippen LogP contribution in [0.25, 0.3) is 0 Å². The molecule has 0 bridgehead atoms. The van der Waals surface area contributed by atoms with Gasteiger partial charge in [0.25, 0.3) is 0 Å². The summed E-state index contributed by atoms with van der Waals surface area (Å²) in [5.41, 5.74) is 6.35. The average molecular weight is 239 g/mol. The zero-order valence-corrected chi connectivity index (χ0v) is 9.68. The van der Waals surface area contributed by atoms with Gasteiger partial charge in [-0.1, -0.05) is 0 Å². The maximum Gasteiger partial charge on any atom is 0.176 e. The molecule has 2 aromatic heterocycles. The van der Waals surface area contributed by atoms with E-state index in [0.29, 0.717) is 6.54 Å². The number of aromatic nitrogens is 4. The first kappa shape index (κ1) is 10.5. The Hall–Kier alpha value is -1.05. The van der Waals surface area contributed by atoms with E-state index in [-0.39, 0.29) is 0 Å². The predicted molar refractivity (Wildman–Crippen MR) is 58.7 cm³/mol. The Morgan fingerprint density at radius 2 is 2.20 bits per heavy atom. The summed E-state index contributed by atoms with van der Waals surface area (Å²) in [6, 6.07) is 0. The van der Waals surface area contributed by atoms with Crippen molar-refractivity contribution in [2.45, 2.75) is 22.8 Å². The number of hydrogen-bond donors (Lipinski definition) is 1. The van der Waals surface area contributed by atoms with Crippen LogP contribution in [0.15, 0.2) is 21.8 Å². The van der Waals surface area contributed by atoms with Gasteiger partial charge in [-0.15, -0.1) is 0 Å². The number of rotatable bonds is 3. The van der Waals surface area contributed by atoms with Crippen molar-refractivity contribution < 1.29 is 0 Å². The van der Waals surface area contributed by atoms with Crippen molar-refractivity contribution in [2.24, 2.45) is 5.73 Å². The molecule has 0 unspecified atom stereocenters. The van der Waals surface area contributed by atoms with Crippen LogP contribution in [0, 0.1) is 6.92 Å². The van der Waals surface area contributed by atoms with E-state index in [1.165, 1.54) is 23.3 Å². The van der Waals surface area contributed by atoms with Crippen LogP contribution in [0.2, 0.25) is 0 Å². The molecule has 15 heavy (non-hydrogen) atoms. The molecule has 0 aliphatic carbocycles. The van der Waals surface area contributed by atoms with Crippen LogP contribution in [-0.2, 0) is 6.54 Å². The molecule has 2 heterocycles. The highest BCUT2D eigenvalue weighted by atomic mass is 32.2. The Morgan fingerprint density at radius 1 is 1.40 bits per heavy atom. The molecule has 0 aliphatic rings. The maximum atomic E-state index is 5.56. The van der Waals surface area contributed by atoms with Gasteiger partial charge in [0.2, 0.25) is 0 Å². The second kappa shape index (κ2) is 4.65. The lowest BCUT2D eigenvalue weighted by molar-refractivity contribution is 0.885. The molecule has 2 aromatic rings. The van der Waals surface area contributed by atoms with E-state index in [2.05, 4.69) is 19.3 Å². The van der Waals surface area contributed by atoms with Crippen molar-refractivity contribution in [3.63, 3.8) is 0 Å². The van der Waals surface area contributed by atoms with E-state index >= 15 is 0 Å². The maximum absolute atomic E-state index is 5.56. The Bertz CT molecular complexity index is 456. The fraction of sp³-hybridized carbons (Fsp3) is 0.250. The fourth-order valence-electron chi connectivity index (χ4n) is 0.982. The van der Waals surface area contributed by atoms with E-state index in [4.69, 9.17) is 5.73 Å². The van der Waals surface area contributed by atoms with Crippen molar-refractivity contribution in [1.82, 2.24) is 19.3 Å². The van der Waals surface area contributed by atoms with E-state index in [1.807, 2.05) is 6.92 Å². The van der Waals surface area contributed by atoms with Gasteiger partial charge in [0.15, 0.2) is 4.34 Å². The van der Waals surface area contributed by atoms with Gasteiger partial charge in [-0.2, -0.15) is 4.37 Å². The first-order chi connectivity index (χ1) is 7.29. The minimum atomic E-state index is 0.383. The molecule has 2 rings (SSSR count). The van der Waals surface area contributed by atoms with Crippen LogP contribution in [0.1, 0.15) is 11.5 Å². The second-order valence-electron chi connectivity index (χ2n) is 2.72. The lowest BCUT2D eigenvalue weighted by Crippen LogP contribution is -2.02. The number of nitrogens with two attached hydrogens (primary N) is 1. The van der Waals surface area contributed by atoms with Crippen LogP contribution in [0.4, 0.5) is 0 Å². The zero-order chi connectivity index (χ0) is 10.7. The standard InChI is InChI=1S/C8H9N5S2/c1-5-12-8(15-13-5)14-7-6(4-9)10-2-3-11-7/h2-3H,4,9H2,1H3. The molecule has 0 aliphatic heterocycles. The molecule has 0 amide bonds. The summed E-state index contributed by atoms with van der Waals surface area (Å²) in [4.78, 5) is 12.6. The molecule has 0 atom stereocenters. The Labute approximate surface area is 95.3 Å². The molecule has 7 heteroatoms. The summed E-state index contributed by atoms with van der Waals surface area (Å²) >= 11 is 2.81. The largest absolute Gasteiger partial charge is 0.325 e. The lowest BCUT2D eigenvalue weighted by Gasteiger charge is -2.01. The molecular formula is C8H9N5S2. The molecule has 0 saturated carbocycles. The van der Waals surface area contributed by atoms with Crippen LogP contribution in [0.3, 0.4) is 0 Å². The smallest absolute Gasteiger partial charge is 0.176 e. The van der Waals surface area contributed by atoms with Crippen LogP contribution in [-0.4, -0.2) is 19.3 Å². The first-order valence-corrected chi connectivity index (χ1v) is 5.86. The number of aryl methyl sites for hydroxylation is 1. The van der Waals surface area contributed by atoms with Gasteiger partial charge >= 0.3 is 0 Å². The van der Waals surface area contributed by atoms with Crippen LogP contribution in [0.5, 0.6) is 0 Å². The summed E-state index contributed by atoms with van der Waals surface area (Å²) in [6.45, 7) is 2.25. The molecular weight excluding hydrogens is 230 g/mol. The monoisotopic (exact) mass is 239 g/mol. The predicted octanol–water partition coefficient (Wildman–Crippen LogP) is 1.25. The van der Waals surface area contributed by atoms with Crippen LogP contribution < -0.4 is 5.73 Å². The highest BCUT2D eigenvalue weighted by Gasteiger charge is 2.08. The highest BCUT2D eigenvalue weighted by molar-refractivity contribution is 8.00. The van der Waals surface area contributed by atoms with Gasteiger partial charge in [-0.05, 0) is 30.2 Å². The van der Waals surface area contributed by atoms with Crippen LogP contribution >= 0.6 is 23.3 Å². The third-order valence-corrected chi connectivity index (χ3v) is 3.50. The van der Waals surface area contributed by atoms with Gasteiger partial charge in [0.1, 0.15) is 10.9 Å². The SMILES string of the molecule is Cc1nsc(Sc2nccnc2CN)n1. The normalized spacial score (nSPS) is 10.5. The van der Waals surface area contributed by atoms with E-state index in [0.717, 1.165) is 20.9 Å². The molecule has 0 saturated heterocycles. The van der Waals surface area contributed by atoms with E-state index < -0.39 is 0 Å². The fourth-order valence-corrected chi connectivity index (χ4v) is 2.61. The summed E-state index contributed by atoms with van der Waals surface area (Å²) in [5.74, 6) is 0.778. The van der Waals surface area contributed by atoms with Gasteiger partial charge < -0.3 is 5.73 Å². The van der Waals surface area contributed by atoms with E-state index in [1.54, 1.807) is 12.4 Å². The first-order valence-electron chi connectivity index (χ1n) is 4.27. The van der Waals surface area contributed by atoms with Gasteiger partial charge in [0.05, 0.1) is 5.69 Å². The van der Waals surface area contributed by atoms with Crippen molar-refractivity contribution in [1.29, 1.82) is 0 Å². The van der Waals surface area contributed by atoms with Crippen molar-refractivity contribution in [3.05, 3.63) is 23.9 Å². The highest BCUT2D eigenvalue weighted by Crippen LogP contribution is 2.28. The third-order valence-electron chi connectivity index (χ3n) is 1.62. The summed E-state index contributed by atoms with van der Waals surface area (Å²) in [5, 5.41) is 0.802. The summed E-state index contributed by atoms with van der Waals surface area (Å²) < 4.78 is 4.96. The van der Waals surface area contributed by atoms with Crippen molar-refractivity contribution in [3.8, 4) is 0 Å². The third kappa shape index (κ3) is 2.49. The Balaban J connectivity index is 2.23. The average Bonchev–Trinajstić information content (AvgIpc) is 2.65. The van der Waals surface area contributed by atoms with E-state index in [9.17, 15) is 0 Å². The molecule has 0 fully saturated rings. The Kier molecular flexibility index (Phi) is 3.24. The number of hydrogen-bond acceptors (Lipinski definition) is 7. The minimum absolute atomic E-state index is 0.383. The topological polar surface area (TPSA) is 77.6 Å². The van der Waals surface area contributed by atoms with Crippen molar-refractivity contribution >= 4 is 23.3 Å². The van der Waals surface area contributed by atoms with Gasteiger partial charge in [-0.3, -0.25) is 4.98 Å². The molecule has 0 spiro atoms. The summed E-state index contributed by atoms with van der Waals surface area (Å²) in [6.07, 6.45) is 3.28. The minimum Gasteiger partial charge on any atom is -0.325 e. The molecule has 78 valence electrons. The molecule has 0 aromatic carbocycles. The molecule has 5 nitrogen and oxygen atoms in total. The second-order valence-corrected chi connectivity index (χ2v) is 4.71. The quantitative estimate of drug-likeness (QED) is 0.868. The number of nitrogens with zero attached hydrogens (tertiary/aromatic N) is 4. The van der Waals surface area contributed by atoms with Gasteiger partial charge in [-0.25, -0.2) is 9.97 Å².